The van der Waals surface area contributed by atoms with Gasteiger partial charge >= 0.3 is 0 Å². The highest BCUT2D eigenvalue weighted by atomic mass is 15.2. The van der Waals surface area contributed by atoms with Gasteiger partial charge in [-0.15, -0.1) is 0 Å². The van der Waals surface area contributed by atoms with Crippen molar-refractivity contribution in [3.05, 3.63) is 0 Å². The van der Waals surface area contributed by atoms with Crippen molar-refractivity contribution < 1.29 is 0 Å². The third-order valence-electron chi connectivity index (χ3n) is 7.11. The Morgan fingerprint density at radius 2 is 1.43 bits per heavy atom. The van der Waals surface area contributed by atoms with Crippen molar-refractivity contribution in [2.24, 2.45) is 11.8 Å². The van der Waals surface area contributed by atoms with Gasteiger partial charge in [-0.05, 0) is 50.5 Å². The zero-order valence-electron chi connectivity index (χ0n) is 13.7. The van der Waals surface area contributed by atoms with Crippen molar-refractivity contribution in [3.8, 4) is 0 Å². The molecule has 0 spiro atoms. The first kappa shape index (κ1) is 14.5. The quantitative estimate of drug-likeness (QED) is 0.846. The van der Waals surface area contributed by atoms with Crippen molar-refractivity contribution >= 4 is 0 Å². The normalized spacial score (nSPS) is 42.3. The lowest BCUT2D eigenvalue weighted by atomic mass is 9.70. The summed E-state index contributed by atoms with van der Waals surface area (Å²) in [6.45, 7) is 2.74. The second-order valence-electron chi connectivity index (χ2n) is 8.26. The lowest BCUT2D eigenvalue weighted by molar-refractivity contribution is 0.136. The Hall–Kier alpha value is -0.0800. The van der Waals surface area contributed by atoms with E-state index in [0.717, 1.165) is 30.0 Å². The molecule has 4 atom stereocenters. The van der Waals surface area contributed by atoms with Gasteiger partial charge in [-0.2, -0.15) is 0 Å². The number of nitrogens with zero attached hydrogens (tertiary/aromatic N) is 1. The van der Waals surface area contributed by atoms with Crippen molar-refractivity contribution in [2.45, 2.75) is 95.2 Å². The Labute approximate surface area is 131 Å². The molecular weight excluding hydrogens is 256 g/mol. The van der Waals surface area contributed by atoms with Gasteiger partial charge in [0.25, 0.3) is 0 Å². The van der Waals surface area contributed by atoms with Crippen LogP contribution in [0.15, 0.2) is 0 Å². The number of nitrogens with one attached hydrogen (secondary N) is 1. The Balaban J connectivity index is 1.39. The Morgan fingerprint density at radius 1 is 0.619 bits per heavy atom. The largest absolute Gasteiger partial charge is 0.309 e. The van der Waals surface area contributed by atoms with Crippen LogP contribution < -0.4 is 5.32 Å². The van der Waals surface area contributed by atoms with Gasteiger partial charge in [0, 0.05) is 24.7 Å². The minimum atomic E-state index is 0.821. The predicted octanol–water partition coefficient (Wildman–Crippen LogP) is 3.95. The minimum Gasteiger partial charge on any atom is -0.309 e. The second-order valence-corrected chi connectivity index (χ2v) is 8.26. The molecule has 4 fully saturated rings. The number of rotatable bonds is 3. The zero-order valence-corrected chi connectivity index (χ0v) is 13.7. The summed E-state index contributed by atoms with van der Waals surface area (Å²) >= 11 is 0. The molecule has 2 saturated heterocycles. The molecule has 4 aliphatic rings. The molecule has 0 aromatic heterocycles. The number of hydrogen-bond donors (Lipinski definition) is 1. The van der Waals surface area contributed by atoms with E-state index in [4.69, 9.17) is 0 Å². The van der Waals surface area contributed by atoms with Gasteiger partial charge in [0.1, 0.15) is 0 Å². The third-order valence-corrected chi connectivity index (χ3v) is 7.11. The molecule has 2 heteroatoms. The van der Waals surface area contributed by atoms with Gasteiger partial charge in [0.05, 0.1) is 0 Å². The van der Waals surface area contributed by atoms with Crippen LogP contribution in [-0.2, 0) is 0 Å². The van der Waals surface area contributed by atoms with E-state index < -0.39 is 0 Å². The van der Waals surface area contributed by atoms with Crippen molar-refractivity contribution in [1.29, 1.82) is 0 Å². The average Bonchev–Trinajstić information content (AvgIpc) is 3.14. The molecular formula is C19H34N2. The fourth-order valence-electron chi connectivity index (χ4n) is 6.04. The molecule has 21 heavy (non-hydrogen) atoms. The topological polar surface area (TPSA) is 15.3 Å². The van der Waals surface area contributed by atoms with Crippen LogP contribution in [-0.4, -0.2) is 36.1 Å². The van der Waals surface area contributed by atoms with Crippen molar-refractivity contribution in [3.63, 3.8) is 0 Å². The first-order chi connectivity index (χ1) is 10.4. The maximum atomic E-state index is 4.19. The summed E-state index contributed by atoms with van der Waals surface area (Å²) in [5.74, 6) is 2.06. The minimum absolute atomic E-state index is 0.821. The maximum absolute atomic E-state index is 4.19. The van der Waals surface area contributed by atoms with Crippen molar-refractivity contribution in [1.82, 2.24) is 10.2 Å². The molecule has 0 amide bonds. The summed E-state index contributed by atoms with van der Waals surface area (Å²) in [5, 5.41) is 4.19. The van der Waals surface area contributed by atoms with E-state index in [0.29, 0.717) is 0 Å². The van der Waals surface area contributed by atoms with E-state index in [-0.39, 0.29) is 0 Å². The second kappa shape index (κ2) is 6.58. The van der Waals surface area contributed by atoms with Gasteiger partial charge in [-0.1, -0.05) is 44.9 Å². The highest BCUT2D eigenvalue weighted by Gasteiger charge is 2.40. The van der Waals surface area contributed by atoms with Gasteiger partial charge in [-0.3, -0.25) is 4.90 Å². The Morgan fingerprint density at radius 3 is 2.33 bits per heavy atom. The van der Waals surface area contributed by atoms with Gasteiger partial charge < -0.3 is 5.32 Å². The highest BCUT2D eigenvalue weighted by molar-refractivity contribution is 4.98. The first-order valence-electron chi connectivity index (χ1n) is 9.92. The summed E-state index contributed by atoms with van der Waals surface area (Å²) in [6, 6.07) is 2.56. The van der Waals surface area contributed by atoms with E-state index in [2.05, 4.69) is 10.2 Å². The summed E-state index contributed by atoms with van der Waals surface area (Å²) in [6.07, 6.45) is 17.8. The predicted molar refractivity (Wildman–Crippen MR) is 88.5 cm³/mol. The number of hydrogen-bond acceptors (Lipinski definition) is 2. The van der Waals surface area contributed by atoms with Crippen LogP contribution in [0, 0.1) is 11.8 Å². The summed E-state index contributed by atoms with van der Waals surface area (Å²) in [4.78, 5) is 2.76. The van der Waals surface area contributed by atoms with Crippen LogP contribution in [0.5, 0.6) is 0 Å². The smallest absolute Gasteiger partial charge is 0.0250 e. The molecule has 0 aromatic carbocycles. The maximum Gasteiger partial charge on any atom is 0.0250 e. The monoisotopic (exact) mass is 290 g/mol. The highest BCUT2D eigenvalue weighted by Crippen LogP contribution is 2.39. The first-order valence-corrected chi connectivity index (χ1v) is 9.92. The summed E-state index contributed by atoms with van der Waals surface area (Å²) in [7, 11) is 0. The van der Waals surface area contributed by atoms with Crippen LogP contribution in [0.2, 0.25) is 0 Å². The molecule has 2 heterocycles. The van der Waals surface area contributed by atoms with E-state index in [1.807, 2.05) is 0 Å². The molecule has 4 rings (SSSR count). The Kier molecular flexibility index (Phi) is 4.55. The molecule has 0 radical (unpaired) electrons. The lowest BCUT2D eigenvalue weighted by Gasteiger charge is -2.41. The lowest BCUT2D eigenvalue weighted by Crippen LogP contribution is -2.50. The van der Waals surface area contributed by atoms with E-state index >= 15 is 0 Å². The van der Waals surface area contributed by atoms with Gasteiger partial charge in [0.15, 0.2) is 0 Å². The molecule has 120 valence electrons. The third kappa shape index (κ3) is 3.03. The molecule has 0 aromatic rings. The molecule has 4 unspecified atom stereocenters. The fraction of sp³-hybridized carbons (Fsp3) is 1.00. The van der Waals surface area contributed by atoms with E-state index in [1.54, 1.807) is 0 Å². The van der Waals surface area contributed by atoms with Gasteiger partial charge in [-0.25, -0.2) is 0 Å². The Bertz CT molecular complexity index is 336. The molecule has 2 aliphatic carbocycles. The summed E-state index contributed by atoms with van der Waals surface area (Å²) in [5.41, 5.74) is 0. The number of fused-ring (bicyclic) bond motifs is 1. The molecule has 2 aliphatic heterocycles. The SMILES string of the molecule is C1CCC(C2CCCCC2NC2CCN3CCCC23)CC1. The molecule has 0 bridgehead atoms. The zero-order chi connectivity index (χ0) is 14.1. The van der Waals surface area contributed by atoms with E-state index in [1.165, 1.54) is 90.1 Å². The van der Waals surface area contributed by atoms with Crippen LogP contribution in [0.4, 0.5) is 0 Å². The summed E-state index contributed by atoms with van der Waals surface area (Å²) < 4.78 is 0. The van der Waals surface area contributed by atoms with E-state index in [9.17, 15) is 0 Å². The van der Waals surface area contributed by atoms with Crippen LogP contribution in [0.25, 0.3) is 0 Å². The molecule has 2 nitrogen and oxygen atoms in total. The van der Waals surface area contributed by atoms with Gasteiger partial charge in [0.2, 0.25) is 0 Å². The standard InChI is InChI=1S/C19H34N2/c1-2-7-15(8-3-1)16-9-4-5-10-17(16)20-18-12-14-21-13-6-11-19(18)21/h15-20H,1-14H2. The average molecular weight is 290 g/mol. The molecule has 2 saturated carbocycles. The van der Waals surface area contributed by atoms with Crippen LogP contribution in [0.1, 0.15) is 77.0 Å². The van der Waals surface area contributed by atoms with Crippen molar-refractivity contribution in [2.75, 3.05) is 13.1 Å². The van der Waals surface area contributed by atoms with Crippen LogP contribution in [0.3, 0.4) is 0 Å². The fourth-order valence-corrected chi connectivity index (χ4v) is 6.04. The molecule has 1 N–H and O–H groups in total. The van der Waals surface area contributed by atoms with Crippen LogP contribution >= 0.6 is 0 Å².